The van der Waals surface area contributed by atoms with Crippen molar-refractivity contribution in [3.63, 3.8) is 0 Å². The predicted octanol–water partition coefficient (Wildman–Crippen LogP) is 4.17. The van der Waals surface area contributed by atoms with Crippen LogP contribution >= 0.6 is 0 Å². The lowest BCUT2D eigenvalue weighted by Gasteiger charge is -2.27. The molecule has 0 bridgehead atoms. The second kappa shape index (κ2) is 6.41. The second-order valence-electron chi connectivity index (χ2n) is 6.97. The molecule has 1 aliphatic rings. The van der Waals surface area contributed by atoms with Gasteiger partial charge in [0.1, 0.15) is 5.58 Å². The fourth-order valence-corrected chi connectivity index (χ4v) is 4.07. The van der Waals surface area contributed by atoms with Crippen LogP contribution in [0.2, 0.25) is 0 Å². The van der Waals surface area contributed by atoms with Crippen LogP contribution < -0.4 is 15.7 Å². The Bertz CT molecular complexity index is 1310. The summed E-state index contributed by atoms with van der Waals surface area (Å²) >= 11 is 0. The van der Waals surface area contributed by atoms with Gasteiger partial charge in [-0.25, -0.2) is 4.79 Å². The zero-order valence-electron chi connectivity index (χ0n) is 15.9. The van der Waals surface area contributed by atoms with E-state index in [2.05, 4.69) is 15.5 Å². The van der Waals surface area contributed by atoms with Crippen molar-refractivity contribution < 1.29 is 14.3 Å². The summed E-state index contributed by atoms with van der Waals surface area (Å²) in [6.07, 6.45) is 0. The smallest absolute Gasteiger partial charge is 0.342 e. The number of H-pyrrole nitrogens is 1. The first kappa shape index (κ1) is 17.4. The van der Waals surface area contributed by atoms with Crippen LogP contribution in [0.5, 0.6) is 11.5 Å². The van der Waals surface area contributed by atoms with E-state index >= 15 is 0 Å². The van der Waals surface area contributed by atoms with Gasteiger partial charge in [0, 0.05) is 22.2 Å². The predicted molar refractivity (Wildman–Crippen MR) is 109 cm³/mol. The minimum Gasteiger partial charge on any atom is -0.504 e. The lowest BCUT2D eigenvalue weighted by atomic mass is 9.81. The Balaban J connectivity index is 1.86. The molecular formula is C22H19N3O4. The summed E-state index contributed by atoms with van der Waals surface area (Å²) in [7, 11) is 0. The quantitative estimate of drug-likeness (QED) is 0.401. The van der Waals surface area contributed by atoms with E-state index in [1.807, 2.05) is 32.0 Å². The molecule has 3 N–H and O–H groups in total. The summed E-state index contributed by atoms with van der Waals surface area (Å²) in [5.41, 5.74) is 3.27. The molecule has 0 aliphatic carbocycles. The number of para-hydroxylation sites is 2. The number of phenolic OH excluding ortho intramolecular Hbond substituents is 1. The van der Waals surface area contributed by atoms with Gasteiger partial charge in [-0.15, -0.1) is 0 Å². The Kier molecular flexibility index (Phi) is 3.84. The minimum atomic E-state index is -0.554. The number of aromatic hydroxyl groups is 1. The lowest BCUT2D eigenvalue weighted by molar-refractivity contribution is 0.316. The number of hydrogen-bond donors (Lipinski definition) is 3. The van der Waals surface area contributed by atoms with Crippen LogP contribution in [-0.4, -0.2) is 21.9 Å². The fourth-order valence-electron chi connectivity index (χ4n) is 4.07. The minimum absolute atomic E-state index is 0.00584. The lowest BCUT2D eigenvalue weighted by Crippen LogP contribution is -2.22. The van der Waals surface area contributed by atoms with Crippen LogP contribution in [0.3, 0.4) is 0 Å². The maximum atomic E-state index is 13.1. The first-order chi connectivity index (χ1) is 14.1. The number of fused-ring (bicyclic) bond motifs is 4. The highest BCUT2D eigenvalue weighted by Crippen LogP contribution is 2.49. The first-order valence-electron chi connectivity index (χ1n) is 9.42. The van der Waals surface area contributed by atoms with Crippen molar-refractivity contribution >= 4 is 22.5 Å². The Morgan fingerprint density at radius 3 is 2.83 bits per heavy atom. The highest BCUT2D eigenvalue weighted by molar-refractivity contribution is 5.95. The highest BCUT2D eigenvalue weighted by Gasteiger charge is 2.36. The van der Waals surface area contributed by atoms with Crippen molar-refractivity contribution in [1.82, 2.24) is 10.2 Å². The zero-order valence-corrected chi connectivity index (χ0v) is 15.9. The monoisotopic (exact) mass is 389 g/mol. The standard InChI is InChI=1S/C22H19N3O4/c1-3-28-15-10-6-8-13(20(15)26)17-16-11(2)24-25-21(16)23-19-12-7-4-5-9-14(12)29-22(27)18(17)19/h4-10,17,26H,3H2,1-2H3,(H2,23,24,25). The molecule has 0 radical (unpaired) electrons. The van der Waals surface area contributed by atoms with Crippen LogP contribution in [-0.2, 0) is 0 Å². The molecule has 1 aliphatic heterocycles. The van der Waals surface area contributed by atoms with E-state index in [0.29, 0.717) is 40.6 Å². The number of benzene rings is 2. The molecule has 4 aromatic rings. The van der Waals surface area contributed by atoms with Crippen molar-refractivity contribution in [3.8, 4) is 11.5 Å². The van der Waals surface area contributed by atoms with Gasteiger partial charge in [0.05, 0.1) is 23.8 Å². The summed E-state index contributed by atoms with van der Waals surface area (Å²) in [6.45, 7) is 4.16. The summed E-state index contributed by atoms with van der Waals surface area (Å²) < 4.78 is 11.2. The molecule has 7 nitrogen and oxygen atoms in total. The molecule has 0 spiro atoms. The number of aromatic nitrogens is 2. The molecule has 7 heteroatoms. The molecule has 146 valence electrons. The van der Waals surface area contributed by atoms with Crippen molar-refractivity contribution in [2.45, 2.75) is 19.8 Å². The van der Waals surface area contributed by atoms with Crippen molar-refractivity contribution in [2.75, 3.05) is 11.9 Å². The Morgan fingerprint density at radius 1 is 1.17 bits per heavy atom. The Labute approximate surface area is 166 Å². The number of anilines is 2. The normalized spacial score (nSPS) is 14.9. The van der Waals surface area contributed by atoms with Crippen molar-refractivity contribution in [1.29, 1.82) is 0 Å². The van der Waals surface area contributed by atoms with E-state index in [0.717, 1.165) is 16.6 Å². The average molecular weight is 389 g/mol. The van der Waals surface area contributed by atoms with E-state index in [-0.39, 0.29) is 5.75 Å². The molecule has 2 aromatic carbocycles. The molecule has 29 heavy (non-hydrogen) atoms. The average Bonchev–Trinajstić information content (AvgIpc) is 3.09. The largest absolute Gasteiger partial charge is 0.504 e. The first-order valence-corrected chi connectivity index (χ1v) is 9.42. The van der Waals surface area contributed by atoms with Crippen LogP contribution in [0.4, 0.5) is 11.5 Å². The van der Waals surface area contributed by atoms with E-state index in [1.165, 1.54) is 0 Å². The van der Waals surface area contributed by atoms with Gasteiger partial charge in [-0.1, -0.05) is 24.3 Å². The molecule has 0 saturated heterocycles. The molecule has 5 rings (SSSR count). The van der Waals surface area contributed by atoms with Crippen LogP contribution in [0, 0.1) is 6.92 Å². The van der Waals surface area contributed by atoms with Gasteiger partial charge in [-0.05, 0) is 32.0 Å². The molecule has 1 atom stereocenters. The van der Waals surface area contributed by atoms with Gasteiger partial charge in [-0.3, -0.25) is 5.10 Å². The van der Waals surface area contributed by atoms with Crippen molar-refractivity contribution in [3.05, 3.63) is 75.3 Å². The molecule has 2 aromatic heterocycles. The number of aromatic amines is 1. The maximum Gasteiger partial charge on any atom is 0.342 e. The van der Waals surface area contributed by atoms with Crippen LogP contribution in [0.15, 0.2) is 51.7 Å². The van der Waals surface area contributed by atoms with Crippen molar-refractivity contribution in [2.24, 2.45) is 0 Å². The third-order valence-electron chi connectivity index (χ3n) is 5.30. The fraction of sp³-hybridized carbons (Fsp3) is 0.182. The second-order valence-corrected chi connectivity index (χ2v) is 6.97. The van der Waals surface area contributed by atoms with Crippen LogP contribution in [0.25, 0.3) is 11.0 Å². The molecule has 1 unspecified atom stereocenters. The number of nitrogens with one attached hydrogen (secondary N) is 2. The number of hydrogen-bond acceptors (Lipinski definition) is 6. The number of ether oxygens (including phenoxy) is 1. The summed E-state index contributed by atoms with van der Waals surface area (Å²) in [6, 6.07) is 12.7. The summed E-state index contributed by atoms with van der Waals surface area (Å²) in [5.74, 6) is 0.447. The van der Waals surface area contributed by atoms with Gasteiger partial charge < -0.3 is 19.6 Å². The summed E-state index contributed by atoms with van der Waals surface area (Å²) in [5, 5.41) is 22.4. The van der Waals surface area contributed by atoms with E-state index < -0.39 is 11.5 Å². The molecule has 0 amide bonds. The van der Waals surface area contributed by atoms with Gasteiger partial charge >= 0.3 is 5.63 Å². The Morgan fingerprint density at radius 2 is 2.00 bits per heavy atom. The summed E-state index contributed by atoms with van der Waals surface area (Å²) in [4.78, 5) is 13.1. The molecular weight excluding hydrogens is 370 g/mol. The van der Waals surface area contributed by atoms with Gasteiger partial charge in [0.2, 0.25) is 0 Å². The van der Waals surface area contributed by atoms with Gasteiger partial charge in [-0.2, -0.15) is 5.10 Å². The number of rotatable bonds is 3. The SMILES string of the molecule is CCOc1cccc(C2c3c(n[nH]c3C)Nc3c2c(=O)oc2ccccc32)c1O. The zero-order chi connectivity index (χ0) is 20.1. The number of aryl methyl sites for hydroxylation is 1. The number of phenols is 1. The number of nitrogens with zero attached hydrogens (tertiary/aromatic N) is 1. The van der Waals surface area contributed by atoms with E-state index in [1.54, 1.807) is 24.3 Å². The molecule has 3 heterocycles. The molecule has 0 fully saturated rings. The van der Waals surface area contributed by atoms with Gasteiger partial charge in [0.25, 0.3) is 0 Å². The van der Waals surface area contributed by atoms with Crippen LogP contribution in [0.1, 0.15) is 35.2 Å². The maximum absolute atomic E-state index is 13.1. The third kappa shape index (κ3) is 2.51. The van der Waals surface area contributed by atoms with E-state index in [9.17, 15) is 9.90 Å². The third-order valence-corrected chi connectivity index (χ3v) is 5.30. The Hall–Kier alpha value is -3.74. The highest BCUT2D eigenvalue weighted by atomic mass is 16.5. The van der Waals surface area contributed by atoms with Gasteiger partial charge in [0.15, 0.2) is 17.3 Å². The topological polar surface area (TPSA) is 100 Å². The van der Waals surface area contributed by atoms with E-state index in [4.69, 9.17) is 9.15 Å². The molecule has 0 saturated carbocycles.